The van der Waals surface area contributed by atoms with Gasteiger partial charge >= 0.3 is 0 Å². The summed E-state index contributed by atoms with van der Waals surface area (Å²) < 4.78 is 21.1. The van der Waals surface area contributed by atoms with Crippen molar-refractivity contribution in [2.24, 2.45) is 5.11 Å². The summed E-state index contributed by atoms with van der Waals surface area (Å²) in [4.78, 5) is 2.58. The highest BCUT2D eigenvalue weighted by Crippen LogP contribution is 2.24. The molecule has 1 rings (SSSR count). The first kappa shape index (κ1) is 9.53. The first-order valence-corrected chi connectivity index (χ1v) is 4.36. The number of benzene rings is 1. The molecule has 0 spiro atoms. The minimum Gasteiger partial charge on any atom is -0.289 e. The molecule has 1 unspecified atom stereocenters. The predicted octanol–water partition coefficient (Wildman–Crippen LogP) is 2.18. The molecule has 0 amide bonds. The van der Waals surface area contributed by atoms with Gasteiger partial charge in [-0.05, 0) is 11.6 Å². The minimum absolute atomic E-state index is 0.285. The second-order valence-corrected chi connectivity index (χ2v) is 2.76. The van der Waals surface area contributed by atoms with E-state index in [9.17, 15) is 4.21 Å². The number of nitrogens with one attached hydrogen (secondary N) is 1. The Kier molecular flexibility index (Phi) is 3.27. The van der Waals surface area contributed by atoms with Crippen LogP contribution in [0.2, 0.25) is 0 Å². The Labute approximate surface area is 76.6 Å². The average Bonchev–Trinajstić information content (AvgIpc) is 2.08. The molecule has 1 aromatic rings. The van der Waals surface area contributed by atoms with Crippen molar-refractivity contribution in [3.63, 3.8) is 0 Å². The van der Waals surface area contributed by atoms with Gasteiger partial charge < -0.3 is 0 Å². The van der Waals surface area contributed by atoms with Gasteiger partial charge in [0, 0.05) is 4.91 Å². The molecule has 0 saturated carbocycles. The van der Waals surface area contributed by atoms with E-state index in [1.807, 2.05) is 0 Å². The monoisotopic (exact) mass is 198 g/mol. The Morgan fingerprint density at radius 3 is 2.85 bits per heavy atom. The number of para-hydroxylation sites is 1. The molecule has 0 aromatic heterocycles. The Balaban J connectivity index is 3.04. The van der Waals surface area contributed by atoms with Gasteiger partial charge in [0.1, 0.15) is 0 Å². The van der Waals surface area contributed by atoms with Gasteiger partial charge in [-0.1, -0.05) is 23.3 Å². The smallest absolute Gasteiger partial charge is 0.259 e. The van der Waals surface area contributed by atoms with E-state index in [1.165, 1.54) is 12.1 Å². The van der Waals surface area contributed by atoms with Crippen LogP contribution >= 0.6 is 0 Å². The zero-order valence-electron chi connectivity index (χ0n) is 6.41. The summed E-state index contributed by atoms with van der Waals surface area (Å²) in [6.45, 7) is 0. The highest BCUT2D eigenvalue weighted by Gasteiger charge is 2.00. The largest absolute Gasteiger partial charge is 0.289 e. The molecule has 0 fully saturated rings. The summed E-state index contributed by atoms with van der Waals surface area (Å²) >= 11 is -2.16. The van der Waals surface area contributed by atoms with E-state index in [4.69, 9.17) is 10.1 Å². The fraction of sp³-hybridized carbons (Fsp3) is 0. The van der Waals surface area contributed by atoms with Gasteiger partial charge in [-0.3, -0.25) is 9.27 Å². The van der Waals surface area contributed by atoms with E-state index in [0.29, 0.717) is 5.69 Å². The summed E-state index contributed by atoms with van der Waals surface area (Å²) in [5, 5.41) is 3.33. The van der Waals surface area contributed by atoms with Gasteiger partial charge in [0.05, 0.1) is 11.4 Å². The summed E-state index contributed by atoms with van der Waals surface area (Å²) in [7, 11) is 0. The molecule has 0 heterocycles. The van der Waals surface area contributed by atoms with E-state index in [-0.39, 0.29) is 5.69 Å². The summed E-state index contributed by atoms with van der Waals surface area (Å²) in [5.74, 6) is 0. The molecule has 7 heteroatoms. The van der Waals surface area contributed by atoms with Gasteiger partial charge in [0.15, 0.2) is 0 Å². The number of azide groups is 1. The highest BCUT2D eigenvalue weighted by atomic mass is 32.2. The van der Waals surface area contributed by atoms with Crippen molar-refractivity contribution in [2.75, 3.05) is 4.72 Å². The van der Waals surface area contributed by atoms with Crippen molar-refractivity contribution < 1.29 is 8.76 Å². The zero-order valence-corrected chi connectivity index (χ0v) is 7.23. The fourth-order valence-corrected chi connectivity index (χ4v) is 1.15. The van der Waals surface area contributed by atoms with Gasteiger partial charge in [0.2, 0.25) is 0 Å². The van der Waals surface area contributed by atoms with Crippen LogP contribution in [0.25, 0.3) is 10.4 Å². The SMILES string of the molecule is [N-]=[N+]=Nc1ccccc1NS(=O)O. The van der Waals surface area contributed by atoms with Crippen LogP contribution in [0.1, 0.15) is 0 Å². The third kappa shape index (κ3) is 2.75. The first-order valence-electron chi connectivity index (χ1n) is 3.25. The quantitative estimate of drug-likeness (QED) is 0.336. The predicted molar refractivity (Wildman–Crippen MR) is 49.6 cm³/mol. The summed E-state index contributed by atoms with van der Waals surface area (Å²) in [6.07, 6.45) is 0. The van der Waals surface area contributed by atoms with Crippen LogP contribution in [0.15, 0.2) is 29.4 Å². The van der Waals surface area contributed by atoms with Gasteiger partial charge in [0.25, 0.3) is 11.3 Å². The van der Waals surface area contributed by atoms with Crippen molar-refractivity contribution >= 4 is 22.6 Å². The van der Waals surface area contributed by atoms with E-state index < -0.39 is 11.3 Å². The van der Waals surface area contributed by atoms with E-state index in [2.05, 4.69) is 14.7 Å². The Hall–Kier alpha value is -1.56. The lowest BCUT2D eigenvalue weighted by Crippen LogP contribution is -2.01. The number of anilines is 1. The van der Waals surface area contributed by atoms with Crippen molar-refractivity contribution in [2.45, 2.75) is 0 Å². The van der Waals surface area contributed by atoms with Crippen LogP contribution in [-0.2, 0) is 11.3 Å². The van der Waals surface area contributed by atoms with Gasteiger partial charge in [-0.2, -0.15) is 0 Å². The molecule has 0 saturated heterocycles. The molecule has 68 valence electrons. The lowest BCUT2D eigenvalue weighted by atomic mass is 10.3. The van der Waals surface area contributed by atoms with E-state index in [0.717, 1.165) is 0 Å². The normalized spacial score (nSPS) is 11.5. The van der Waals surface area contributed by atoms with E-state index >= 15 is 0 Å². The Bertz CT molecular complexity index is 375. The molecule has 1 atom stereocenters. The van der Waals surface area contributed by atoms with Crippen molar-refractivity contribution in [1.82, 2.24) is 0 Å². The maximum Gasteiger partial charge on any atom is 0.259 e. The number of rotatable bonds is 3. The number of hydrogen-bond donors (Lipinski definition) is 2. The first-order chi connectivity index (χ1) is 6.24. The second kappa shape index (κ2) is 4.46. The van der Waals surface area contributed by atoms with Crippen molar-refractivity contribution in [3.05, 3.63) is 34.7 Å². The maximum absolute atomic E-state index is 10.4. The molecule has 13 heavy (non-hydrogen) atoms. The van der Waals surface area contributed by atoms with Crippen LogP contribution < -0.4 is 4.72 Å². The third-order valence-electron chi connectivity index (χ3n) is 1.25. The minimum atomic E-state index is -2.16. The molecule has 2 N–H and O–H groups in total. The van der Waals surface area contributed by atoms with Crippen molar-refractivity contribution in [3.8, 4) is 0 Å². The zero-order chi connectivity index (χ0) is 9.68. The molecule has 0 aliphatic heterocycles. The lowest BCUT2D eigenvalue weighted by Gasteiger charge is -2.02. The van der Waals surface area contributed by atoms with Gasteiger partial charge in [-0.15, -0.1) is 0 Å². The average molecular weight is 198 g/mol. The highest BCUT2D eigenvalue weighted by molar-refractivity contribution is 7.80. The molecular weight excluding hydrogens is 192 g/mol. The number of hydrogen-bond acceptors (Lipinski definition) is 2. The molecule has 0 aliphatic rings. The van der Waals surface area contributed by atoms with Crippen LogP contribution in [0, 0.1) is 0 Å². The molecule has 0 bridgehead atoms. The second-order valence-electron chi connectivity index (χ2n) is 2.06. The van der Waals surface area contributed by atoms with E-state index in [1.54, 1.807) is 12.1 Å². The van der Waals surface area contributed by atoms with Crippen molar-refractivity contribution in [1.29, 1.82) is 0 Å². The lowest BCUT2D eigenvalue weighted by molar-refractivity contribution is 0.570. The summed E-state index contributed by atoms with van der Waals surface area (Å²) in [6, 6.07) is 6.40. The van der Waals surface area contributed by atoms with Crippen LogP contribution in [0.4, 0.5) is 11.4 Å². The number of nitrogens with zero attached hydrogens (tertiary/aromatic N) is 3. The molecule has 1 aromatic carbocycles. The fourth-order valence-electron chi connectivity index (χ4n) is 0.789. The van der Waals surface area contributed by atoms with Crippen LogP contribution in [0.3, 0.4) is 0 Å². The topological polar surface area (TPSA) is 98.1 Å². The standard InChI is InChI=1S/C6H6N4O2S/c7-10-8-5-3-1-2-4-6(5)9-13(11)12/h1-4,9H,(H,11,12). The molecule has 6 nitrogen and oxygen atoms in total. The van der Waals surface area contributed by atoms with Gasteiger partial charge in [-0.25, -0.2) is 4.21 Å². The Morgan fingerprint density at radius 1 is 1.54 bits per heavy atom. The summed E-state index contributed by atoms with van der Waals surface area (Å²) in [5.41, 5.74) is 8.78. The molecule has 0 radical (unpaired) electrons. The maximum atomic E-state index is 10.4. The third-order valence-corrected chi connectivity index (χ3v) is 1.65. The van der Waals surface area contributed by atoms with Crippen LogP contribution in [-0.4, -0.2) is 8.76 Å². The van der Waals surface area contributed by atoms with Crippen LogP contribution in [0.5, 0.6) is 0 Å². The molecular formula is C6H6N4O2S. The molecule has 0 aliphatic carbocycles. The Morgan fingerprint density at radius 2 is 2.23 bits per heavy atom.